The van der Waals surface area contributed by atoms with Gasteiger partial charge in [0.25, 0.3) is 0 Å². The second-order valence-corrected chi connectivity index (χ2v) is 27.0. The van der Waals surface area contributed by atoms with E-state index in [1.165, 1.54) is 24.1 Å². The van der Waals surface area contributed by atoms with E-state index >= 15 is 0 Å². The Balaban J connectivity index is 0.000000573. The van der Waals surface area contributed by atoms with Crippen molar-refractivity contribution in [1.29, 1.82) is 0 Å². The van der Waals surface area contributed by atoms with Gasteiger partial charge in [-0.2, -0.15) is 5.70 Å². The first-order chi connectivity index (χ1) is 41.2. The molecule has 2 saturated heterocycles. The number of aromatic nitrogens is 4. The van der Waals surface area contributed by atoms with Gasteiger partial charge in [0.15, 0.2) is 17.7 Å². The molecule has 8 bridgehead atoms. The number of ether oxygens (including phenoxy) is 1. The Hall–Kier alpha value is -6.83. The second-order valence-electron chi connectivity index (χ2n) is 25.8. The average Bonchev–Trinajstić information content (AvgIpc) is 1.53. The number of imidazole rings is 1. The van der Waals surface area contributed by atoms with Crippen LogP contribution in [0.25, 0.3) is 16.5 Å². The number of nitrogens with one attached hydrogen (secondary N) is 1. The molecule has 19 N–H and O–H groups in total. The van der Waals surface area contributed by atoms with E-state index in [1.807, 2.05) is 54.5 Å². The van der Waals surface area contributed by atoms with E-state index in [0.717, 1.165) is 0 Å². The Bertz CT molecular complexity index is 3450. The molecule has 0 unspecified atom stereocenters. The van der Waals surface area contributed by atoms with Gasteiger partial charge in [-0.05, 0) is 88.0 Å². The van der Waals surface area contributed by atoms with Gasteiger partial charge in [0.2, 0.25) is 41.4 Å². The number of carbonyl (C=O) groups is 7. The Labute approximate surface area is 531 Å². The van der Waals surface area contributed by atoms with Crippen LogP contribution in [-0.2, 0) is 64.2 Å². The molecule has 0 radical (unpaired) electrons. The zero-order chi connectivity index (χ0) is 66.4. The summed E-state index contributed by atoms with van der Waals surface area (Å²) in [6, 6.07) is -0.998. The van der Waals surface area contributed by atoms with Crippen molar-refractivity contribution in [3.05, 3.63) is 59.2 Å². The quantitative estimate of drug-likeness (QED) is 0.0554. The van der Waals surface area contributed by atoms with Crippen LogP contribution < -0.4 is 45.5 Å². The van der Waals surface area contributed by atoms with Crippen LogP contribution >= 0.6 is 7.82 Å². The third kappa shape index (κ3) is 14.3. The number of primary amides is 6. The summed E-state index contributed by atoms with van der Waals surface area (Å²) in [6.07, 6.45) is -0.796. The van der Waals surface area contributed by atoms with E-state index in [2.05, 4.69) is 27.2 Å². The normalized spacial score (nSPS) is 33.3. The maximum absolute atomic E-state index is 13.7. The van der Waals surface area contributed by atoms with Crippen molar-refractivity contribution in [2.75, 3.05) is 12.3 Å². The van der Waals surface area contributed by atoms with Gasteiger partial charge in [-0.25, -0.2) is 19.5 Å². The number of hydrogen-bond donors (Lipinski definition) is 12. The molecule has 0 aromatic carbocycles. The minimum atomic E-state index is -4.86. The number of fused-ring (bicyclic) bond motifs is 7. The topological polar surface area (TPSA) is 525 Å². The molecule has 7 amide bonds. The van der Waals surface area contributed by atoms with Crippen molar-refractivity contribution in [1.82, 2.24) is 24.8 Å². The van der Waals surface area contributed by atoms with Gasteiger partial charge in [-0.3, -0.25) is 57.6 Å². The smallest absolute Gasteiger partial charge is 0.682 e. The SMILES string of the molecule is C/C1=C2/[N-][C@H]([C@H](CC(N)=O)[C@@]2(C)CCC(=O)NC[C@@H](C)OP(=O)(O)O)[C@]2(C)N=C(/C(C)=C3N=C(/C=C4N=C1[C@@H](CCC(N)=O)C\4(C)C)[C@@H](CCC(N)=O)[C@]\3(C)CC(N)=O)[C@@H](CCC(N)=O)[C@]2(C)CC(N)=O.[CH2-][C@H]1O[C@@H](n2cnc3c(N)ncnc32)[C@H](O)[C@@H]1O.[Co+3]. The Kier molecular flexibility index (Phi) is 21.8. The number of nitrogen functional groups attached to an aromatic ring is 1. The Morgan fingerprint density at radius 3 is 1.91 bits per heavy atom. The first-order valence-corrected chi connectivity index (χ1v) is 30.9. The van der Waals surface area contributed by atoms with Crippen LogP contribution in [0.15, 0.2) is 61.9 Å². The summed E-state index contributed by atoms with van der Waals surface area (Å²) in [4.78, 5) is 139. The van der Waals surface area contributed by atoms with Gasteiger partial charge in [0, 0.05) is 108 Å². The second kappa shape index (κ2) is 27.2. The van der Waals surface area contributed by atoms with E-state index in [1.54, 1.807) is 6.92 Å². The maximum Gasteiger partial charge on any atom is 3.00 e. The van der Waals surface area contributed by atoms with Gasteiger partial charge in [0.1, 0.15) is 17.9 Å². The molecule has 6 aliphatic heterocycles. The minimum Gasteiger partial charge on any atom is -0.682 e. The Morgan fingerprint density at radius 1 is 0.778 bits per heavy atom. The van der Waals surface area contributed by atoms with Crippen molar-refractivity contribution in [3.63, 3.8) is 0 Å². The molecule has 6 aliphatic rings. The molecule has 0 spiro atoms. The summed E-state index contributed by atoms with van der Waals surface area (Å²) in [7, 11) is -4.86. The monoisotopic (exact) mass is 1320 g/mol. The third-order valence-electron chi connectivity index (χ3n) is 19.3. The number of nitrogens with zero attached hydrogens (tertiary/aromatic N) is 8. The fourth-order valence-corrected chi connectivity index (χ4v) is 15.0. The molecule has 2 aromatic rings. The van der Waals surface area contributed by atoms with Crippen LogP contribution in [0.3, 0.4) is 0 Å². The summed E-state index contributed by atoms with van der Waals surface area (Å²) in [6.45, 7) is 19.7. The third-order valence-corrected chi connectivity index (χ3v) is 19.9. The molecule has 0 saturated carbocycles. The Morgan fingerprint density at radius 2 is 1.37 bits per heavy atom. The molecule has 0 aliphatic carbocycles. The predicted molar refractivity (Wildman–Crippen MR) is 326 cm³/mol. The summed E-state index contributed by atoms with van der Waals surface area (Å²) in [5, 5.41) is 27.8. The summed E-state index contributed by atoms with van der Waals surface area (Å²) >= 11 is 0. The van der Waals surface area contributed by atoms with Gasteiger partial charge in [-0.1, -0.05) is 40.7 Å². The van der Waals surface area contributed by atoms with E-state index in [-0.39, 0.29) is 99.8 Å². The first-order valence-electron chi connectivity index (χ1n) is 29.3. The summed E-state index contributed by atoms with van der Waals surface area (Å²) < 4.78 is 23.1. The van der Waals surface area contributed by atoms with Crippen molar-refractivity contribution < 1.29 is 84.2 Å². The molecule has 8 rings (SSSR count). The van der Waals surface area contributed by atoms with Crippen LogP contribution in [0.4, 0.5) is 5.82 Å². The number of aliphatic hydroxyl groups excluding tert-OH is 2. The summed E-state index contributed by atoms with van der Waals surface area (Å²) in [5.41, 5.74) is 40.2. The molecule has 2 aromatic heterocycles. The van der Waals surface area contributed by atoms with Gasteiger partial charge < -0.3 is 82.4 Å². The van der Waals surface area contributed by atoms with E-state index in [4.69, 9.17) is 69.7 Å². The van der Waals surface area contributed by atoms with E-state index in [0.29, 0.717) is 56.5 Å². The minimum absolute atomic E-state index is 0. The molecule has 494 valence electrons. The maximum atomic E-state index is 13.7. The number of phosphoric acid groups is 1. The molecule has 90 heavy (non-hydrogen) atoms. The van der Waals surface area contributed by atoms with Crippen LogP contribution in [0.1, 0.15) is 139 Å². The number of allylic oxidation sites excluding steroid dienone is 6. The molecule has 2 fully saturated rings. The number of aliphatic imine (C=N–C) groups is 3. The molecule has 32 heteroatoms. The van der Waals surface area contributed by atoms with E-state index < -0.39 is 137 Å². The molecular formula is C58H85CoN16O14P+. The number of rotatable bonds is 23. The van der Waals surface area contributed by atoms with Crippen LogP contribution in [0.5, 0.6) is 0 Å². The number of nitrogens with two attached hydrogens (primary N) is 7. The number of amides is 7. The summed E-state index contributed by atoms with van der Waals surface area (Å²) in [5.74, 6) is -6.76. The standard InChI is InChI=1S/C48H74N11O11P.C10H12N5O3.Co/c1-23(70-71(67,68)69)22-55-38(66)16-17-45(6)29(18-35(52)63)43-48(9)47(8,21-37(54)65)28(12-15-34(51)62)40(59-48)25(3)42-46(7,20-36(53)64)26(10-13-32(49)60)30(56-42)19-31-44(4,5)27(11-14-33(50)61)39(57-31)24(2)41(45)58-43;1-4-6(16)7(17)10(18-4)15-3-14-5-8(11)12-2-13-9(5)15;/h19,23,26-29,43H,10-18,20-22H2,1-9H3,(H16,49,50,51,52,53,54,55,56,57,58,59,60,61,62,63,64,65,66,67,68,69);2-4,6-7,10,16-17H,1H2,(H2,11,12,13);/q;-1;+3/p-1/t23-,26-,27-,28-,29+,43-,45-,46+,47+,48+;4-,6-,7-,10-;/m11./s1. The molecule has 8 heterocycles. The number of carbonyl (C=O) groups excluding carboxylic acids is 7. The molecule has 14 atom stereocenters. The van der Waals surface area contributed by atoms with Crippen LogP contribution in [0, 0.1) is 52.3 Å². The number of phosphoric ester groups is 1. The van der Waals surface area contributed by atoms with Crippen molar-refractivity contribution in [3.8, 4) is 0 Å². The van der Waals surface area contributed by atoms with Crippen LogP contribution in [0.2, 0.25) is 0 Å². The number of aliphatic hydroxyl groups is 2. The molecule has 30 nitrogen and oxygen atoms in total. The van der Waals surface area contributed by atoms with Gasteiger partial charge >= 0.3 is 24.6 Å². The number of anilines is 1. The van der Waals surface area contributed by atoms with Gasteiger partial charge in [-0.15, -0.1) is 0 Å². The fourth-order valence-electron chi connectivity index (χ4n) is 14.5. The first kappa shape index (κ1) is 72.2. The zero-order valence-electron chi connectivity index (χ0n) is 52.0. The van der Waals surface area contributed by atoms with Crippen molar-refractivity contribution in [2.24, 2.45) is 94.7 Å². The van der Waals surface area contributed by atoms with Crippen LogP contribution in [-0.4, -0.2) is 141 Å². The largest absolute Gasteiger partial charge is 3.00 e. The van der Waals surface area contributed by atoms with Crippen molar-refractivity contribution >= 4 is 83.3 Å². The van der Waals surface area contributed by atoms with Gasteiger partial charge in [0.05, 0.1) is 29.8 Å². The average molecular weight is 1320 g/mol. The zero-order valence-corrected chi connectivity index (χ0v) is 53.9. The number of hydrogen-bond acceptors (Lipinski definition) is 19. The fraction of sp³-hybridized carbons (Fsp3) is 0.621. The van der Waals surface area contributed by atoms with Crippen molar-refractivity contribution in [2.45, 2.75) is 175 Å². The van der Waals surface area contributed by atoms with E-state index in [9.17, 15) is 58.1 Å². The molecular weight excluding hydrogens is 1230 g/mol. The predicted octanol–water partition coefficient (Wildman–Crippen LogP) is 1.50.